The topological polar surface area (TPSA) is 93.1 Å². The molecule has 0 aliphatic rings. The lowest BCUT2D eigenvalue weighted by Crippen LogP contribution is -2.39. The average Bonchev–Trinajstić information content (AvgIpc) is 2.50. The van der Waals surface area contributed by atoms with E-state index in [1.165, 1.54) is 6.92 Å². The highest BCUT2D eigenvalue weighted by Gasteiger charge is 2.28. The monoisotopic (exact) mass is 316 g/mol. The minimum atomic E-state index is -1.30. The van der Waals surface area contributed by atoms with E-state index < -0.39 is 30.8 Å². The Morgan fingerprint density at radius 3 is 2.36 bits per heavy atom. The van der Waals surface area contributed by atoms with Crippen LogP contribution in [0, 0.1) is 5.92 Å². The Morgan fingerprint density at radius 2 is 1.91 bits per heavy atom. The zero-order valence-corrected chi connectivity index (χ0v) is 13.7. The fourth-order valence-electron chi connectivity index (χ4n) is 1.81. The van der Waals surface area contributed by atoms with E-state index in [1.54, 1.807) is 0 Å². The summed E-state index contributed by atoms with van der Waals surface area (Å²) in [5, 5.41) is 18.7. The zero-order chi connectivity index (χ0) is 17.1. The molecule has 6 heteroatoms. The number of hydrogen-bond donors (Lipinski definition) is 2. The van der Waals surface area contributed by atoms with Crippen LogP contribution in [0.25, 0.3) is 0 Å². The summed E-state index contributed by atoms with van der Waals surface area (Å²) in [4.78, 5) is 23.5. The van der Waals surface area contributed by atoms with E-state index in [1.807, 2.05) is 13.8 Å². The maximum Gasteiger partial charge on any atom is 0.333 e. The van der Waals surface area contributed by atoms with Crippen molar-refractivity contribution in [2.24, 2.45) is 5.92 Å². The summed E-state index contributed by atoms with van der Waals surface area (Å²) >= 11 is 0. The lowest BCUT2D eigenvalue weighted by atomic mass is 9.99. The molecule has 0 amide bonds. The molecule has 0 fully saturated rings. The molecule has 0 aliphatic carbocycles. The molecule has 0 radical (unpaired) electrons. The molecule has 0 rings (SSSR count). The standard InChI is InChI=1S/C16H28O6/c1-5-7-8-12(6-2)16(20)22-14(13(18)9-17)10-21-15(19)11(3)4/h12-14,17-18H,3,5-10H2,1-2,4H3. The molecule has 0 heterocycles. The highest BCUT2D eigenvalue weighted by Crippen LogP contribution is 2.16. The lowest BCUT2D eigenvalue weighted by molar-refractivity contribution is -0.170. The number of aliphatic hydroxyl groups is 2. The third-order valence-electron chi connectivity index (χ3n) is 3.34. The van der Waals surface area contributed by atoms with Crippen LogP contribution >= 0.6 is 0 Å². The van der Waals surface area contributed by atoms with E-state index >= 15 is 0 Å². The second-order valence-electron chi connectivity index (χ2n) is 5.35. The second-order valence-corrected chi connectivity index (χ2v) is 5.35. The lowest BCUT2D eigenvalue weighted by Gasteiger charge is -2.24. The molecule has 0 aromatic carbocycles. The third-order valence-corrected chi connectivity index (χ3v) is 3.34. The molecular weight excluding hydrogens is 288 g/mol. The van der Waals surface area contributed by atoms with Crippen LogP contribution in [0.2, 0.25) is 0 Å². The van der Waals surface area contributed by atoms with Crippen molar-refractivity contribution in [3.63, 3.8) is 0 Å². The number of hydrogen-bond acceptors (Lipinski definition) is 6. The molecule has 3 atom stereocenters. The summed E-state index contributed by atoms with van der Waals surface area (Å²) in [6.45, 7) is 7.95. The van der Waals surface area contributed by atoms with Crippen LogP contribution in [-0.4, -0.2) is 47.6 Å². The average molecular weight is 316 g/mol. The van der Waals surface area contributed by atoms with Gasteiger partial charge in [0.2, 0.25) is 0 Å². The first-order valence-corrected chi connectivity index (χ1v) is 7.69. The molecule has 0 bridgehead atoms. The number of carbonyl (C=O) groups excluding carboxylic acids is 2. The molecule has 2 N–H and O–H groups in total. The van der Waals surface area contributed by atoms with Crippen LogP contribution in [0.1, 0.15) is 46.5 Å². The van der Waals surface area contributed by atoms with Gasteiger partial charge in [-0.2, -0.15) is 0 Å². The van der Waals surface area contributed by atoms with Gasteiger partial charge in [-0.3, -0.25) is 4.79 Å². The predicted molar refractivity (Wildman–Crippen MR) is 82.1 cm³/mol. The molecule has 128 valence electrons. The van der Waals surface area contributed by atoms with Gasteiger partial charge >= 0.3 is 11.9 Å². The SMILES string of the molecule is C=C(C)C(=O)OCC(OC(=O)C(CC)CCCC)C(O)CO. The Bertz CT molecular complexity index is 366. The molecule has 0 aromatic heterocycles. The largest absolute Gasteiger partial charge is 0.458 e. The summed E-state index contributed by atoms with van der Waals surface area (Å²) in [6.07, 6.45) is 0.835. The van der Waals surface area contributed by atoms with Crippen molar-refractivity contribution < 1.29 is 29.3 Å². The van der Waals surface area contributed by atoms with Crippen LogP contribution in [0.15, 0.2) is 12.2 Å². The normalized spacial score (nSPS) is 14.8. The van der Waals surface area contributed by atoms with Crippen molar-refractivity contribution in [3.8, 4) is 0 Å². The van der Waals surface area contributed by atoms with Crippen LogP contribution < -0.4 is 0 Å². The van der Waals surface area contributed by atoms with E-state index in [-0.39, 0.29) is 18.1 Å². The van der Waals surface area contributed by atoms with Gasteiger partial charge in [-0.1, -0.05) is 33.3 Å². The van der Waals surface area contributed by atoms with E-state index in [9.17, 15) is 14.7 Å². The number of carbonyl (C=O) groups is 2. The maximum atomic E-state index is 12.1. The van der Waals surface area contributed by atoms with Crippen molar-refractivity contribution in [2.45, 2.75) is 58.7 Å². The molecule has 6 nitrogen and oxygen atoms in total. The molecule has 3 unspecified atom stereocenters. The van der Waals surface area contributed by atoms with Crippen LogP contribution in [0.5, 0.6) is 0 Å². The number of unbranched alkanes of at least 4 members (excludes halogenated alkanes) is 1. The molecule has 0 aromatic rings. The molecule has 0 aliphatic heterocycles. The first-order chi connectivity index (χ1) is 10.4. The van der Waals surface area contributed by atoms with Gasteiger partial charge in [-0.05, 0) is 19.8 Å². The first-order valence-electron chi connectivity index (χ1n) is 7.69. The van der Waals surface area contributed by atoms with Crippen molar-refractivity contribution in [1.82, 2.24) is 0 Å². The number of ether oxygens (including phenoxy) is 2. The Labute approximate surface area is 132 Å². The fourth-order valence-corrected chi connectivity index (χ4v) is 1.81. The van der Waals surface area contributed by atoms with Crippen molar-refractivity contribution in [3.05, 3.63) is 12.2 Å². The summed E-state index contributed by atoms with van der Waals surface area (Å²) in [5.74, 6) is -1.34. The molecule has 0 spiro atoms. The van der Waals surface area contributed by atoms with Gasteiger partial charge in [0.25, 0.3) is 0 Å². The second kappa shape index (κ2) is 11.2. The minimum absolute atomic E-state index is 0.206. The van der Waals surface area contributed by atoms with Gasteiger partial charge in [-0.15, -0.1) is 0 Å². The number of aliphatic hydroxyl groups excluding tert-OH is 2. The summed E-state index contributed by atoms with van der Waals surface area (Å²) < 4.78 is 10.1. The zero-order valence-electron chi connectivity index (χ0n) is 13.7. The quantitative estimate of drug-likeness (QED) is 0.444. The minimum Gasteiger partial charge on any atom is -0.458 e. The van der Waals surface area contributed by atoms with Crippen LogP contribution in [-0.2, 0) is 19.1 Å². The highest BCUT2D eigenvalue weighted by atomic mass is 16.6. The Morgan fingerprint density at radius 1 is 1.27 bits per heavy atom. The van der Waals surface area contributed by atoms with E-state index in [2.05, 4.69) is 6.58 Å². The molecule has 22 heavy (non-hydrogen) atoms. The van der Waals surface area contributed by atoms with Gasteiger partial charge in [0.1, 0.15) is 12.7 Å². The Hall–Kier alpha value is -1.40. The van der Waals surface area contributed by atoms with Gasteiger partial charge in [-0.25, -0.2) is 4.79 Å². The Balaban J connectivity index is 4.65. The number of rotatable bonds is 11. The molecular formula is C16H28O6. The van der Waals surface area contributed by atoms with E-state index in [0.717, 1.165) is 12.8 Å². The van der Waals surface area contributed by atoms with Gasteiger partial charge in [0.05, 0.1) is 12.5 Å². The third kappa shape index (κ3) is 7.56. The van der Waals surface area contributed by atoms with Gasteiger partial charge < -0.3 is 19.7 Å². The highest BCUT2D eigenvalue weighted by molar-refractivity contribution is 5.86. The van der Waals surface area contributed by atoms with Gasteiger partial charge in [0.15, 0.2) is 6.10 Å². The number of esters is 2. The van der Waals surface area contributed by atoms with E-state index in [4.69, 9.17) is 14.6 Å². The van der Waals surface area contributed by atoms with Crippen molar-refractivity contribution in [1.29, 1.82) is 0 Å². The smallest absolute Gasteiger partial charge is 0.333 e. The predicted octanol–water partition coefficient (Wildman–Crippen LogP) is 1.59. The molecule has 0 saturated carbocycles. The maximum absolute atomic E-state index is 12.1. The van der Waals surface area contributed by atoms with Crippen LogP contribution in [0.4, 0.5) is 0 Å². The van der Waals surface area contributed by atoms with Crippen LogP contribution in [0.3, 0.4) is 0 Å². The molecule has 0 saturated heterocycles. The Kier molecular flexibility index (Phi) is 10.5. The first kappa shape index (κ1) is 20.6. The van der Waals surface area contributed by atoms with Crippen molar-refractivity contribution >= 4 is 11.9 Å². The van der Waals surface area contributed by atoms with Gasteiger partial charge in [0, 0.05) is 5.57 Å². The van der Waals surface area contributed by atoms with Crippen molar-refractivity contribution in [2.75, 3.05) is 13.2 Å². The van der Waals surface area contributed by atoms with E-state index in [0.29, 0.717) is 12.8 Å². The fraction of sp³-hybridized carbons (Fsp3) is 0.750. The summed E-state index contributed by atoms with van der Waals surface area (Å²) in [5.41, 5.74) is 0.206. The summed E-state index contributed by atoms with van der Waals surface area (Å²) in [7, 11) is 0. The summed E-state index contributed by atoms with van der Waals surface area (Å²) in [6, 6.07) is 0.